The topological polar surface area (TPSA) is 49.3 Å². The van der Waals surface area contributed by atoms with E-state index in [1.54, 1.807) is 0 Å². The molecule has 84 valence electrons. The highest BCUT2D eigenvalue weighted by Gasteiger charge is 2.51. The minimum Gasteiger partial charge on any atom is -0.480 e. The fraction of sp³-hybridized carbons (Fsp3) is 0.750. The Kier molecular flexibility index (Phi) is 3.41. The van der Waals surface area contributed by atoms with Gasteiger partial charge in [0.05, 0.1) is 6.54 Å². The van der Waals surface area contributed by atoms with Gasteiger partial charge in [0.2, 0.25) is 0 Å². The lowest BCUT2D eigenvalue weighted by Gasteiger charge is -2.47. The van der Waals surface area contributed by atoms with Gasteiger partial charge in [0, 0.05) is 0 Å². The Hall–Kier alpha value is -1.01. The fourth-order valence-corrected chi connectivity index (χ4v) is 2.51. The van der Waals surface area contributed by atoms with Gasteiger partial charge in [-0.1, -0.05) is 32.6 Å². The van der Waals surface area contributed by atoms with Crippen LogP contribution in [0.2, 0.25) is 0 Å². The van der Waals surface area contributed by atoms with Gasteiger partial charge in [-0.2, -0.15) is 0 Å². The van der Waals surface area contributed by atoms with Crippen LogP contribution >= 0.6 is 0 Å². The molecule has 1 atom stereocenters. The second-order valence-corrected chi connectivity index (χ2v) is 4.86. The average Bonchev–Trinajstić information content (AvgIpc) is 2.15. The molecule has 1 fully saturated rings. The van der Waals surface area contributed by atoms with Crippen LogP contribution in [0.15, 0.2) is 0 Å². The minimum atomic E-state index is -0.850. The first-order valence-corrected chi connectivity index (χ1v) is 5.38. The Morgan fingerprint density at radius 2 is 2.07 bits per heavy atom. The summed E-state index contributed by atoms with van der Waals surface area (Å²) in [5.41, 5.74) is -1.09. The van der Waals surface area contributed by atoms with Crippen molar-refractivity contribution in [3.8, 4) is 12.3 Å². The SMILES string of the molecule is C#CCNC1(C(=O)O)CCCCC1(C)C. The third kappa shape index (κ3) is 2.00. The molecule has 0 aromatic carbocycles. The molecule has 1 saturated carbocycles. The zero-order valence-corrected chi connectivity index (χ0v) is 9.47. The summed E-state index contributed by atoms with van der Waals surface area (Å²) in [7, 11) is 0. The summed E-state index contributed by atoms with van der Waals surface area (Å²) in [5, 5.41) is 12.5. The number of hydrogen-bond acceptors (Lipinski definition) is 2. The first-order chi connectivity index (χ1) is 6.96. The van der Waals surface area contributed by atoms with Gasteiger partial charge in [-0.3, -0.25) is 10.1 Å². The molecule has 1 unspecified atom stereocenters. The normalized spacial score (nSPS) is 29.4. The van der Waals surface area contributed by atoms with E-state index in [2.05, 4.69) is 11.2 Å². The van der Waals surface area contributed by atoms with Crippen molar-refractivity contribution in [1.29, 1.82) is 0 Å². The van der Waals surface area contributed by atoms with Crippen molar-refractivity contribution in [1.82, 2.24) is 5.32 Å². The molecule has 0 heterocycles. The first kappa shape index (κ1) is 12.1. The van der Waals surface area contributed by atoms with Gasteiger partial charge >= 0.3 is 5.97 Å². The second-order valence-electron chi connectivity index (χ2n) is 4.86. The zero-order valence-electron chi connectivity index (χ0n) is 9.47. The average molecular weight is 209 g/mol. The number of nitrogens with one attached hydrogen (secondary N) is 1. The van der Waals surface area contributed by atoms with E-state index in [-0.39, 0.29) is 5.41 Å². The molecule has 1 rings (SSSR count). The lowest BCUT2D eigenvalue weighted by Crippen LogP contribution is -2.63. The van der Waals surface area contributed by atoms with Crippen molar-refractivity contribution in [3.63, 3.8) is 0 Å². The molecular weight excluding hydrogens is 190 g/mol. The molecule has 0 spiro atoms. The van der Waals surface area contributed by atoms with Crippen LogP contribution in [-0.4, -0.2) is 23.2 Å². The minimum absolute atomic E-state index is 0.242. The largest absolute Gasteiger partial charge is 0.480 e. The van der Waals surface area contributed by atoms with Gasteiger partial charge in [0.1, 0.15) is 5.54 Å². The molecule has 2 N–H and O–H groups in total. The Balaban J connectivity index is 2.97. The molecule has 3 heteroatoms. The summed E-state index contributed by atoms with van der Waals surface area (Å²) in [5.74, 6) is 1.68. The fourth-order valence-electron chi connectivity index (χ4n) is 2.51. The molecule has 0 bridgehead atoms. The van der Waals surface area contributed by atoms with Crippen LogP contribution in [0.3, 0.4) is 0 Å². The lowest BCUT2D eigenvalue weighted by molar-refractivity contribution is -0.153. The maximum absolute atomic E-state index is 11.5. The van der Waals surface area contributed by atoms with Gasteiger partial charge < -0.3 is 5.11 Å². The van der Waals surface area contributed by atoms with E-state index in [0.29, 0.717) is 13.0 Å². The van der Waals surface area contributed by atoms with Crippen molar-refractivity contribution in [3.05, 3.63) is 0 Å². The van der Waals surface area contributed by atoms with Crippen molar-refractivity contribution in [2.24, 2.45) is 5.41 Å². The quantitative estimate of drug-likeness (QED) is 0.695. The molecule has 15 heavy (non-hydrogen) atoms. The number of terminal acetylenes is 1. The van der Waals surface area contributed by atoms with E-state index in [0.717, 1.165) is 19.3 Å². The molecule has 0 radical (unpaired) electrons. The second kappa shape index (κ2) is 4.24. The van der Waals surface area contributed by atoms with Crippen molar-refractivity contribution in [2.45, 2.75) is 45.1 Å². The Morgan fingerprint density at radius 3 is 2.53 bits per heavy atom. The monoisotopic (exact) mass is 209 g/mol. The van der Waals surface area contributed by atoms with Crippen molar-refractivity contribution >= 4 is 5.97 Å². The van der Waals surface area contributed by atoms with E-state index in [1.165, 1.54) is 0 Å². The van der Waals surface area contributed by atoms with Crippen molar-refractivity contribution < 1.29 is 9.90 Å². The number of rotatable bonds is 3. The molecule has 0 aromatic heterocycles. The first-order valence-electron chi connectivity index (χ1n) is 5.38. The number of hydrogen-bond donors (Lipinski definition) is 2. The maximum Gasteiger partial charge on any atom is 0.324 e. The highest BCUT2D eigenvalue weighted by molar-refractivity contribution is 5.80. The molecule has 0 amide bonds. The smallest absolute Gasteiger partial charge is 0.324 e. The third-order valence-electron chi connectivity index (χ3n) is 3.62. The molecule has 0 aromatic rings. The van der Waals surface area contributed by atoms with Crippen LogP contribution in [0.25, 0.3) is 0 Å². The van der Waals surface area contributed by atoms with Crippen molar-refractivity contribution in [2.75, 3.05) is 6.54 Å². The summed E-state index contributed by atoms with van der Waals surface area (Å²) in [6.45, 7) is 4.32. The van der Waals surface area contributed by atoms with Crippen LogP contribution in [0.4, 0.5) is 0 Å². The highest BCUT2D eigenvalue weighted by Crippen LogP contribution is 2.43. The maximum atomic E-state index is 11.5. The number of carboxylic acid groups (broad SMARTS) is 1. The van der Waals surface area contributed by atoms with Gasteiger partial charge in [0.15, 0.2) is 0 Å². The van der Waals surface area contributed by atoms with Crippen LogP contribution in [0.5, 0.6) is 0 Å². The van der Waals surface area contributed by atoms with E-state index in [1.807, 2.05) is 13.8 Å². The Morgan fingerprint density at radius 1 is 1.47 bits per heavy atom. The van der Waals surface area contributed by atoms with Crippen LogP contribution in [-0.2, 0) is 4.79 Å². The summed E-state index contributed by atoms with van der Waals surface area (Å²) in [4.78, 5) is 11.5. The number of carbonyl (C=O) groups is 1. The van der Waals surface area contributed by atoms with Gasteiger partial charge in [0.25, 0.3) is 0 Å². The van der Waals surface area contributed by atoms with Crippen LogP contribution < -0.4 is 5.32 Å². The summed E-state index contributed by atoms with van der Waals surface area (Å²) in [6, 6.07) is 0. The van der Waals surface area contributed by atoms with Gasteiger partial charge in [-0.25, -0.2) is 0 Å². The number of carboxylic acids is 1. The predicted octanol–water partition coefficient (Wildman–Crippen LogP) is 1.63. The lowest BCUT2D eigenvalue weighted by atomic mass is 9.63. The van der Waals surface area contributed by atoms with E-state index in [4.69, 9.17) is 6.42 Å². The molecule has 0 aliphatic heterocycles. The van der Waals surface area contributed by atoms with Gasteiger partial charge in [-0.15, -0.1) is 6.42 Å². The Labute approximate surface area is 91.3 Å². The summed E-state index contributed by atoms with van der Waals surface area (Å²) < 4.78 is 0. The standard InChI is InChI=1S/C12H19NO2/c1-4-9-13-12(10(14)15)8-6-5-7-11(12,2)3/h1,13H,5-9H2,2-3H3,(H,14,15). The highest BCUT2D eigenvalue weighted by atomic mass is 16.4. The Bertz CT molecular complexity index is 290. The molecule has 1 aliphatic carbocycles. The van der Waals surface area contributed by atoms with Gasteiger partial charge in [-0.05, 0) is 18.3 Å². The predicted molar refractivity (Wildman–Crippen MR) is 59.5 cm³/mol. The molecule has 0 saturated heterocycles. The van der Waals surface area contributed by atoms with Crippen LogP contribution in [0.1, 0.15) is 39.5 Å². The molecule has 3 nitrogen and oxygen atoms in total. The molecule has 1 aliphatic rings. The van der Waals surface area contributed by atoms with E-state index >= 15 is 0 Å². The molecular formula is C12H19NO2. The van der Waals surface area contributed by atoms with E-state index in [9.17, 15) is 9.90 Å². The van der Waals surface area contributed by atoms with Crippen LogP contribution in [0, 0.1) is 17.8 Å². The zero-order chi connectivity index (χ0) is 11.5. The number of aliphatic carboxylic acids is 1. The summed E-state index contributed by atoms with van der Waals surface area (Å²) >= 11 is 0. The third-order valence-corrected chi connectivity index (χ3v) is 3.62. The van der Waals surface area contributed by atoms with E-state index < -0.39 is 11.5 Å². The summed E-state index contributed by atoms with van der Waals surface area (Å²) in [6.07, 6.45) is 8.83.